The Bertz CT molecular complexity index is 3970. The Kier molecular flexibility index (Phi) is 2.30. The molecule has 0 saturated carbocycles. The molecule has 0 saturated heterocycles. The van der Waals surface area contributed by atoms with E-state index in [9.17, 15) is 11.0 Å². The van der Waals surface area contributed by atoms with Crippen LogP contribution in [-0.4, -0.2) is 0 Å². The first-order chi connectivity index (χ1) is 32.6. The van der Waals surface area contributed by atoms with Crippen LogP contribution >= 0.6 is 0 Å². The van der Waals surface area contributed by atoms with Crippen LogP contribution in [0.25, 0.3) is 87.2 Å². The zero-order valence-electron chi connectivity index (χ0n) is 48.2. The number of benzene rings is 9. The maximum Gasteiger partial charge on any atom is 0.0636 e. The maximum atomic E-state index is 9.75. The normalized spacial score (nSPS) is 19.9. The van der Waals surface area contributed by atoms with E-state index in [2.05, 4.69) is 0 Å². The number of rotatable bonds is 3. The zero-order chi connectivity index (χ0) is 51.7. The Morgan fingerprint density at radius 1 is 0.295 bits per heavy atom. The second kappa shape index (κ2) is 9.93. The Labute approximate surface area is 293 Å². The van der Waals surface area contributed by atoms with Gasteiger partial charge in [0.25, 0.3) is 0 Å². The van der Waals surface area contributed by atoms with Crippen molar-refractivity contribution in [2.24, 2.45) is 0 Å². The Morgan fingerprint density at radius 3 is 1.59 bits per heavy atom. The van der Waals surface area contributed by atoms with Crippen molar-refractivity contribution in [1.82, 2.24) is 0 Å². The minimum absolute atomic E-state index is 0.324. The predicted octanol–water partition coefficient (Wildman–Crippen LogP) is 12.5. The molecule has 0 unspecified atom stereocenters. The average molecular weight is 583 g/mol. The van der Waals surface area contributed by atoms with E-state index in [0.717, 1.165) is 12.1 Å². The summed E-state index contributed by atoms with van der Waals surface area (Å²) in [6.07, 6.45) is 0. The highest BCUT2D eigenvalue weighted by Crippen LogP contribution is 2.46. The summed E-state index contributed by atoms with van der Waals surface area (Å²) >= 11 is 0. The summed E-state index contributed by atoms with van der Waals surface area (Å²) in [6, 6.07) is -19.8. The fourth-order valence-electron chi connectivity index (χ4n) is 5.48. The topological polar surface area (TPSA) is 0 Å². The molecule has 44 heavy (non-hydrogen) atoms. The zero-order valence-corrected chi connectivity index (χ0v) is 22.2. The molecule has 9 rings (SSSR count). The van der Waals surface area contributed by atoms with E-state index in [1.54, 1.807) is 0 Å². The van der Waals surface area contributed by atoms with Gasteiger partial charge < -0.3 is 0 Å². The van der Waals surface area contributed by atoms with Crippen molar-refractivity contribution < 1.29 is 35.6 Å². The summed E-state index contributed by atoms with van der Waals surface area (Å²) in [5, 5.41) is -4.93. The van der Waals surface area contributed by atoms with Crippen molar-refractivity contribution >= 4 is 53.9 Å². The van der Waals surface area contributed by atoms with E-state index in [-0.39, 0.29) is 10.8 Å². The number of hydrogen-bond donors (Lipinski definition) is 0. The number of hydrogen-bond acceptors (Lipinski definition) is 0. The van der Waals surface area contributed by atoms with E-state index in [0.29, 0.717) is 0 Å². The van der Waals surface area contributed by atoms with Crippen molar-refractivity contribution in [3.05, 3.63) is 169 Å². The molecule has 0 aliphatic carbocycles. The van der Waals surface area contributed by atoms with Crippen LogP contribution in [0.15, 0.2) is 169 Å². The van der Waals surface area contributed by atoms with Crippen molar-refractivity contribution in [1.29, 1.82) is 0 Å². The molecule has 204 valence electrons. The van der Waals surface area contributed by atoms with Gasteiger partial charge in [0.1, 0.15) is 0 Å². The van der Waals surface area contributed by atoms with Crippen LogP contribution in [0.1, 0.15) is 35.6 Å². The SMILES string of the molecule is [2H]c1cc2c(-c3c([2H])c([2H])c(-c4c([2H])c([2H])c([2H])c5c([2H])c([2H])c([2H])c([2H])c45)c([2H])c3[2H])c3c([2H])c([2H])c([2H])c([2H])c3c(-c3c([2H])c4c([2H])c([2H])c([2H])c([2H])c4c4c([2H])c([2H])c([2H])cc34)c2c([2H])c1[2H]. The van der Waals surface area contributed by atoms with Gasteiger partial charge in [-0.15, -0.1) is 0 Å². The molecular weight excluding hydrogens is 528 g/mol. The highest BCUT2D eigenvalue weighted by Gasteiger charge is 2.19. The average Bonchev–Trinajstić information content (AvgIpc) is 3.32. The van der Waals surface area contributed by atoms with Crippen LogP contribution in [0.3, 0.4) is 0 Å². The van der Waals surface area contributed by atoms with Gasteiger partial charge >= 0.3 is 0 Å². The lowest BCUT2D eigenvalue weighted by molar-refractivity contribution is 1.63. The molecule has 0 atom stereocenters. The van der Waals surface area contributed by atoms with Gasteiger partial charge in [-0.3, -0.25) is 0 Å². The lowest BCUT2D eigenvalue weighted by Crippen LogP contribution is -1.92. The van der Waals surface area contributed by atoms with Gasteiger partial charge in [0.05, 0.1) is 35.6 Å². The molecule has 0 aliphatic heterocycles. The third kappa shape index (κ3) is 3.78. The molecule has 9 aromatic carbocycles. The highest BCUT2D eigenvalue weighted by atomic mass is 14.2. The summed E-state index contributed by atoms with van der Waals surface area (Å²) in [5.41, 5.74) is -3.74. The first kappa shape index (κ1) is 10.2. The Morgan fingerprint density at radius 2 is 0.818 bits per heavy atom. The molecule has 0 aromatic heterocycles. The van der Waals surface area contributed by atoms with Crippen molar-refractivity contribution in [3.8, 4) is 33.4 Å². The highest BCUT2D eigenvalue weighted by molar-refractivity contribution is 6.25. The quantitative estimate of drug-likeness (QED) is 0.144. The van der Waals surface area contributed by atoms with Gasteiger partial charge in [-0.25, -0.2) is 0 Å². The molecule has 0 radical (unpaired) electrons. The molecular formula is C44H28. The first-order valence-corrected chi connectivity index (χ1v) is 13.2. The molecule has 0 heteroatoms. The molecule has 0 amide bonds. The second-order valence-electron chi connectivity index (χ2n) is 9.65. The molecule has 0 N–H and O–H groups in total. The van der Waals surface area contributed by atoms with Gasteiger partial charge in [-0.2, -0.15) is 0 Å². The van der Waals surface area contributed by atoms with Crippen molar-refractivity contribution in [3.63, 3.8) is 0 Å². The van der Waals surface area contributed by atoms with Crippen LogP contribution in [0, 0.1) is 0 Å². The third-order valence-corrected chi connectivity index (χ3v) is 7.34. The summed E-state index contributed by atoms with van der Waals surface area (Å²) in [4.78, 5) is 0. The largest absolute Gasteiger partial charge is 0.0636 e. The minimum atomic E-state index is -1.00. The van der Waals surface area contributed by atoms with Gasteiger partial charge in [-0.05, 0) is 93.3 Å². The molecule has 0 nitrogen and oxygen atoms in total. The second-order valence-corrected chi connectivity index (χ2v) is 9.65. The maximum absolute atomic E-state index is 9.75. The fourth-order valence-corrected chi connectivity index (χ4v) is 5.48. The summed E-state index contributed by atoms with van der Waals surface area (Å²) < 4.78 is 232. The summed E-state index contributed by atoms with van der Waals surface area (Å²) in [7, 11) is 0. The van der Waals surface area contributed by atoms with Crippen LogP contribution in [0.4, 0.5) is 0 Å². The molecule has 0 fully saturated rings. The first-order valence-electron chi connectivity index (χ1n) is 26.2. The van der Waals surface area contributed by atoms with Crippen LogP contribution in [0.5, 0.6) is 0 Å². The van der Waals surface area contributed by atoms with E-state index in [1.807, 2.05) is 0 Å². The van der Waals surface area contributed by atoms with E-state index >= 15 is 0 Å². The van der Waals surface area contributed by atoms with Crippen molar-refractivity contribution in [2.45, 2.75) is 0 Å². The fraction of sp³-hybridized carbons (Fsp3) is 0. The van der Waals surface area contributed by atoms with Crippen LogP contribution < -0.4 is 0 Å². The molecule has 0 heterocycles. The van der Waals surface area contributed by atoms with Gasteiger partial charge in [0.2, 0.25) is 0 Å². The monoisotopic (exact) mass is 582 g/mol. The van der Waals surface area contributed by atoms with Crippen molar-refractivity contribution in [2.75, 3.05) is 0 Å². The minimum Gasteiger partial charge on any atom is -0.0616 e. The van der Waals surface area contributed by atoms with E-state index in [1.165, 1.54) is 0 Å². The van der Waals surface area contributed by atoms with E-state index in [4.69, 9.17) is 24.7 Å². The smallest absolute Gasteiger partial charge is 0.0616 e. The van der Waals surface area contributed by atoms with Crippen LogP contribution in [0.2, 0.25) is 0 Å². The third-order valence-electron chi connectivity index (χ3n) is 7.34. The molecule has 0 bridgehead atoms. The molecule has 0 spiro atoms. The molecule has 0 aliphatic rings. The number of fused-ring (bicyclic) bond motifs is 6. The lowest BCUT2D eigenvalue weighted by atomic mass is 9.83. The van der Waals surface area contributed by atoms with Gasteiger partial charge in [0.15, 0.2) is 0 Å². The van der Waals surface area contributed by atoms with Gasteiger partial charge in [-0.1, -0.05) is 163 Å². The standard InChI is InChI=1S/C44H28/c1-3-15-33-29(12-1)14-11-23-34(33)30-24-26-31(27-25-30)43-38-19-7-9-21-40(38)44(41-22-10-8-20-39(41)43)42-28-32-13-2-4-16-35(32)36-17-5-6-18-37(36)42/h1-28H/i1D,2D,3D,4D,5D,6D,7D,8D,9D,10D,11D,12D,13D,14D,15D,16D,17D,19D,21D,22D,23D,24D,25D,26D,27D,28D. The Hall–Kier alpha value is -5.72. The van der Waals surface area contributed by atoms with Gasteiger partial charge in [0, 0.05) is 0 Å². The predicted molar refractivity (Wildman–Crippen MR) is 190 cm³/mol. The summed E-state index contributed by atoms with van der Waals surface area (Å²) in [6.45, 7) is 0. The van der Waals surface area contributed by atoms with Crippen LogP contribution in [-0.2, 0) is 0 Å². The molecule has 9 aromatic rings. The lowest BCUT2D eigenvalue weighted by Gasteiger charge is -2.19. The van der Waals surface area contributed by atoms with E-state index < -0.39 is 234 Å². The summed E-state index contributed by atoms with van der Waals surface area (Å²) in [5.74, 6) is 0. The Balaban J connectivity index is 1.58.